The zero-order valence-corrected chi connectivity index (χ0v) is 11.5. The predicted octanol–water partition coefficient (Wildman–Crippen LogP) is 2.63. The smallest absolute Gasteiger partial charge is 0.168 e. The molecular weight excluding hydrogens is 230 g/mol. The molecule has 0 fully saturated rings. The number of thioether (sulfide) groups is 1. The first-order valence-corrected chi connectivity index (χ1v) is 6.88. The minimum absolute atomic E-state index is 0.745. The van der Waals surface area contributed by atoms with Gasteiger partial charge >= 0.3 is 0 Å². The van der Waals surface area contributed by atoms with E-state index >= 15 is 0 Å². The molecule has 2 N–H and O–H groups in total. The van der Waals surface area contributed by atoms with Crippen molar-refractivity contribution in [1.29, 1.82) is 0 Å². The summed E-state index contributed by atoms with van der Waals surface area (Å²) in [5.41, 5.74) is 10.4. The van der Waals surface area contributed by atoms with Gasteiger partial charge in [-0.1, -0.05) is 11.8 Å². The Labute approximate surface area is 106 Å². The molecule has 1 heterocycles. The van der Waals surface area contributed by atoms with Crippen molar-refractivity contribution in [1.82, 2.24) is 9.55 Å². The van der Waals surface area contributed by atoms with Crippen LogP contribution < -0.4 is 5.73 Å². The zero-order valence-electron chi connectivity index (χ0n) is 10.7. The van der Waals surface area contributed by atoms with Crippen molar-refractivity contribution in [3.63, 3.8) is 0 Å². The van der Waals surface area contributed by atoms with Gasteiger partial charge in [0.05, 0.1) is 11.0 Å². The van der Waals surface area contributed by atoms with Crippen LogP contribution in [0.3, 0.4) is 0 Å². The van der Waals surface area contributed by atoms with E-state index in [1.807, 2.05) is 0 Å². The highest BCUT2D eigenvalue weighted by molar-refractivity contribution is 7.99. The first-order chi connectivity index (χ1) is 8.13. The van der Waals surface area contributed by atoms with E-state index in [0.29, 0.717) is 0 Å². The van der Waals surface area contributed by atoms with Crippen molar-refractivity contribution >= 4 is 22.8 Å². The molecule has 17 heavy (non-hydrogen) atoms. The maximum atomic E-state index is 5.51. The quantitative estimate of drug-likeness (QED) is 0.669. The van der Waals surface area contributed by atoms with Crippen molar-refractivity contribution in [3.8, 4) is 0 Å². The number of rotatable bonds is 4. The van der Waals surface area contributed by atoms with E-state index in [-0.39, 0.29) is 0 Å². The van der Waals surface area contributed by atoms with Gasteiger partial charge in [-0.25, -0.2) is 4.98 Å². The number of aromatic nitrogens is 2. The molecule has 0 atom stereocenters. The maximum absolute atomic E-state index is 5.51. The molecule has 0 spiro atoms. The van der Waals surface area contributed by atoms with Crippen molar-refractivity contribution in [3.05, 3.63) is 23.3 Å². The van der Waals surface area contributed by atoms with Crippen molar-refractivity contribution < 1.29 is 0 Å². The fourth-order valence-corrected chi connectivity index (χ4v) is 2.75. The van der Waals surface area contributed by atoms with Crippen molar-refractivity contribution in [2.45, 2.75) is 25.4 Å². The molecule has 2 rings (SSSR count). The molecule has 0 saturated carbocycles. The average molecular weight is 249 g/mol. The summed E-state index contributed by atoms with van der Waals surface area (Å²) in [5.74, 6) is 1.03. The normalized spacial score (nSPS) is 11.3. The molecule has 1 aromatic carbocycles. The maximum Gasteiger partial charge on any atom is 0.168 e. The summed E-state index contributed by atoms with van der Waals surface area (Å²) in [6.07, 6.45) is 1.03. The van der Waals surface area contributed by atoms with Crippen molar-refractivity contribution in [2.75, 3.05) is 12.3 Å². The van der Waals surface area contributed by atoms with Gasteiger partial charge in [0, 0.05) is 12.8 Å². The lowest BCUT2D eigenvalue weighted by Gasteiger charge is -2.02. The third-order valence-corrected chi connectivity index (χ3v) is 4.15. The Kier molecular flexibility index (Phi) is 3.74. The van der Waals surface area contributed by atoms with Gasteiger partial charge in [0.25, 0.3) is 0 Å². The molecule has 92 valence electrons. The minimum atomic E-state index is 0.745. The summed E-state index contributed by atoms with van der Waals surface area (Å²) >= 11 is 1.78. The van der Waals surface area contributed by atoms with Gasteiger partial charge < -0.3 is 10.3 Å². The number of benzene rings is 1. The summed E-state index contributed by atoms with van der Waals surface area (Å²) in [6.45, 7) is 5.02. The summed E-state index contributed by atoms with van der Waals surface area (Å²) in [7, 11) is 2.08. The number of aryl methyl sites for hydroxylation is 3. The van der Waals surface area contributed by atoms with Crippen LogP contribution in [0.5, 0.6) is 0 Å². The van der Waals surface area contributed by atoms with E-state index in [1.54, 1.807) is 11.8 Å². The van der Waals surface area contributed by atoms with Crippen LogP contribution in [-0.2, 0) is 7.05 Å². The number of fused-ring (bicyclic) bond motifs is 1. The monoisotopic (exact) mass is 249 g/mol. The molecule has 0 unspecified atom stereocenters. The van der Waals surface area contributed by atoms with Crippen LogP contribution in [0.15, 0.2) is 17.3 Å². The lowest BCUT2D eigenvalue weighted by molar-refractivity contribution is 0.812. The molecule has 1 aromatic heterocycles. The topological polar surface area (TPSA) is 43.8 Å². The molecule has 0 aliphatic heterocycles. The summed E-state index contributed by atoms with van der Waals surface area (Å²) in [4.78, 5) is 4.67. The van der Waals surface area contributed by atoms with Gasteiger partial charge in [0.1, 0.15) is 0 Å². The zero-order chi connectivity index (χ0) is 12.4. The summed E-state index contributed by atoms with van der Waals surface area (Å²) in [5, 5.41) is 1.08. The summed E-state index contributed by atoms with van der Waals surface area (Å²) < 4.78 is 2.17. The molecule has 0 aliphatic rings. The third kappa shape index (κ3) is 2.48. The average Bonchev–Trinajstić information content (AvgIpc) is 2.58. The number of hydrogen-bond donors (Lipinski definition) is 1. The highest BCUT2D eigenvalue weighted by Crippen LogP contribution is 2.25. The van der Waals surface area contributed by atoms with Gasteiger partial charge in [0.2, 0.25) is 0 Å². The van der Waals surface area contributed by atoms with Crippen molar-refractivity contribution in [2.24, 2.45) is 12.8 Å². The molecule has 0 saturated heterocycles. The largest absolute Gasteiger partial charge is 0.330 e. The molecular formula is C13H19N3S. The van der Waals surface area contributed by atoms with E-state index in [2.05, 4.69) is 42.6 Å². The van der Waals surface area contributed by atoms with E-state index < -0.39 is 0 Å². The lowest BCUT2D eigenvalue weighted by atomic mass is 10.1. The van der Waals surface area contributed by atoms with Gasteiger partial charge in [-0.3, -0.25) is 0 Å². The highest BCUT2D eigenvalue weighted by atomic mass is 32.2. The second kappa shape index (κ2) is 5.10. The minimum Gasteiger partial charge on any atom is -0.330 e. The van der Waals surface area contributed by atoms with Crippen LogP contribution in [0.1, 0.15) is 17.5 Å². The highest BCUT2D eigenvalue weighted by Gasteiger charge is 2.09. The molecule has 0 amide bonds. The summed E-state index contributed by atoms with van der Waals surface area (Å²) in [6, 6.07) is 4.38. The SMILES string of the molecule is Cc1cc2nc(SCCCN)n(C)c2cc1C. The third-order valence-electron chi connectivity index (χ3n) is 3.03. The first-order valence-electron chi connectivity index (χ1n) is 5.90. The van der Waals surface area contributed by atoms with Gasteiger partial charge in [0.15, 0.2) is 5.16 Å². The number of hydrogen-bond acceptors (Lipinski definition) is 3. The van der Waals surface area contributed by atoms with E-state index in [9.17, 15) is 0 Å². The number of nitrogens with zero attached hydrogens (tertiary/aromatic N) is 2. The van der Waals surface area contributed by atoms with Gasteiger partial charge in [-0.2, -0.15) is 0 Å². The Balaban J connectivity index is 2.35. The molecule has 2 aromatic rings. The Hall–Kier alpha value is -1.00. The second-order valence-electron chi connectivity index (χ2n) is 4.37. The lowest BCUT2D eigenvalue weighted by Crippen LogP contribution is -2.00. The molecule has 3 nitrogen and oxygen atoms in total. The fraction of sp³-hybridized carbons (Fsp3) is 0.462. The fourth-order valence-electron chi connectivity index (χ4n) is 1.80. The molecule has 0 bridgehead atoms. The Morgan fingerprint density at radius 3 is 2.71 bits per heavy atom. The second-order valence-corrected chi connectivity index (χ2v) is 5.43. The predicted molar refractivity (Wildman–Crippen MR) is 74.6 cm³/mol. The number of nitrogens with two attached hydrogens (primary N) is 1. The molecule has 4 heteroatoms. The van der Waals surface area contributed by atoms with Crippen LogP contribution in [0, 0.1) is 13.8 Å². The van der Waals surface area contributed by atoms with Crippen LogP contribution >= 0.6 is 11.8 Å². The van der Waals surface area contributed by atoms with Gasteiger partial charge in [-0.15, -0.1) is 0 Å². The van der Waals surface area contributed by atoms with Gasteiger partial charge in [-0.05, 0) is 50.1 Å². The van der Waals surface area contributed by atoms with E-state index in [4.69, 9.17) is 5.73 Å². The van der Waals surface area contributed by atoms with Crippen LogP contribution in [0.2, 0.25) is 0 Å². The van der Waals surface area contributed by atoms with E-state index in [1.165, 1.54) is 16.6 Å². The molecule has 0 aliphatic carbocycles. The molecule has 0 radical (unpaired) electrons. The Morgan fingerprint density at radius 1 is 1.29 bits per heavy atom. The Morgan fingerprint density at radius 2 is 2.00 bits per heavy atom. The first kappa shape index (κ1) is 12.5. The standard InChI is InChI=1S/C13H19N3S/c1-9-7-11-12(8-10(9)2)16(3)13(15-11)17-6-4-5-14/h7-8H,4-6,14H2,1-3H3. The number of imidazole rings is 1. The van der Waals surface area contributed by atoms with Crippen LogP contribution in [-0.4, -0.2) is 21.8 Å². The Bertz CT molecular complexity index is 531. The van der Waals surface area contributed by atoms with Crippen LogP contribution in [0.25, 0.3) is 11.0 Å². The van der Waals surface area contributed by atoms with Crippen LogP contribution in [0.4, 0.5) is 0 Å². The van der Waals surface area contributed by atoms with E-state index in [0.717, 1.165) is 29.4 Å².